The highest BCUT2D eigenvalue weighted by Gasteiger charge is 2.14. The van der Waals surface area contributed by atoms with Crippen molar-refractivity contribution < 1.29 is 18.1 Å². The van der Waals surface area contributed by atoms with E-state index >= 15 is 0 Å². The topological polar surface area (TPSA) is 18.5 Å². The standard InChI is InChI=1S/C16H9BF2O2S2/c18-11-3-1-9-5-7-22-15(9)13(11)20-17-21-14-12(19)4-2-10-6-8-23-16(10)14/h1-8,17H. The van der Waals surface area contributed by atoms with Crippen LogP contribution in [0.3, 0.4) is 0 Å². The molecular formula is C16H9BF2O2S2. The summed E-state index contributed by atoms with van der Waals surface area (Å²) in [5.41, 5.74) is 0. The lowest BCUT2D eigenvalue weighted by Gasteiger charge is -2.10. The first-order chi connectivity index (χ1) is 11.2. The molecule has 0 N–H and O–H groups in total. The minimum atomic E-state index is -0.460. The highest BCUT2D eigenvalue weighted by Crippen LogP contribution is 2.35. The molecule has 2 aromatic heterocycles. The Balaban J connectivity index is 1.59. The predicted molar refractivity (Wildman–Crippen MR) is 92.0 cm³/mol. The first kappa shape index (κ1) is 14.5. The third-order valence-electron chi connectivity index (χ3n) is 3.46. The van der Waals surface area contributed by atoms with E-state index in [1.54, 1.807) is 12.1 Å². The zero-order valence-corrected chi connectivity index (χ0v) is 13.3. The molecule has 0 unspecified atom stereocenters. The van der Waals surface area contributed by atoms with Crippen LogP contribution in [0, 0.1) is 11.6 Å². The van der Waals surface area contributed by atoms with E-state index in [1.807, 2.05) is 22.9 Å². The molecule has 114 valence electrons. The summed E-state index contributed by atoms with van der Waals surface area (Å²) in [4.78, 5) is 0. The van der Waals surface area contributed by atoms with Crippen molar-refractivity contribution in [2.24, 2.45) is 0 Å². The summed E-state index contributed by atoms with van der Waals surface area (Å²) >= 11 is 2.78. The molecule has 2 aromatic carbocycles. The number of hydrogen-bond acceptors (Lipinski definition) is 4. The van der Waals surface area contributed by atoms with Gasteiger partial charge in [0, 0.05) is 0 Å². The molecule has 0 aliphatic carbocycles. The number of thiophene rings is 2. The van der Waals surface area contributed by atoms with Crippen molar-refractivity contribution in [1.29, 1.82) is 0 Å². The first-order valence-corrected chi connectivity index (χ1v) is 8.57. The van der Waals surface area contributed by atoms with E-state index in [1.165, 1.54) is 34.8 Å². The minimum absolute atomic E-state index is 0.135. The Bertz CT molecular complexity index is 916. The van der Waals surface area contributed by atoms with Crippen LogP contribution in [0.2, 0.25) is 0 Å². The fraction of sp³-hybridized carbons (Fsp3) is 0. The zero-order chi connectivity index (χ0) is 15.8. The molecule has 0 fully saturated rings. The summed E-state index contributed by atoms with van der Waals surface area (Å²) in [6.45, 7) is 0. The first-order valence-electron chi connectivity index (χ1n) is 6.81. The summed E-state index contributed by atoms with van der Waals surface area (Å²) in [6, 6.07) is 9.87. The van der Waals surface area contributed by atoms with Crippen molar-refractivity contribution in [2.45, 2.75) is 0 Å². The van der Waals surface area contributed by atoms with Crippen LogP contribution in [0.4, 0.5) is 8.78 Å². The molecule has 0 amide bonds. The SMILES string of the molecule is Fc1ccc2ccsc2c1OBOc1c(F)ccc2ccsc12. The molecule has 0 saturated heterocycles. The fourth-order valence-electron chi connectivity index (χ4n) is 2.38. The van der Waals surface area contributed by atoms with Crippen LogP contribution < -0.4 is 9.31 Å². The molecule has 0 spiro atoms. The van der Waals surface area contributed by atoms with Gasteiger partial charge in [-0.2, -0.15) is 0 Å². The summed E-state index contributed by atoms with van der Waals surface area (Å²) in [5, 5.41) is 5.53. The second-order valence-corrected chi connectivity index (χ2v) is 6.67. The van der Waals surface area contributed by atoms with Gasteiger partial charge in [-0.15, -0.1) is 22.7 Å². The highest BCUT2D eigenvalue weighted by atomic mass is 32.1. The number of fused-ring (bicyclic) bond motifs is 2. The summed E-state index contributed by atoms with van der Waals surface area (Å²) < 4.78 is 40.2. The van der Waals surface area contributed by atoms with E-state index in [0.29, 0.717) is 9.40 Å². The molecule has 0 radical (unpaired) electrons. The Morgan fingerprint density at radius 2 is 1.17 bits per heavy atom. The Labute approximate surface area is 139 Å². The molecule has 2 heterocycles. The van der Waals surface area contributed by atoms with Gasteiger partial charge in [-0.25, -0.2) is 8.78 Å². The van der Waals surface area contributed by atoms with Gasteiger partial charge < -0.3 is 9.31 Å². The zero-order valence-electron chi connectivity index (χ0n) is 11.7. The number of hydrogen-bond donors (Lipinski definition) is 0. The van der Waals surface area contributed by atoms with E-state index in [9.17, 15) is 8.78 Å². The van der Waals surface area contributed by atoms with Gasteiger partial charge in [0.05, 0.1) is 9.40 Å². The molecule has 2 nitrogen and oxygen atoms in total. The number of rotatable bonds is 4. The largest absolute Gasteiger partial charge is 0.576 e. The second-order valence-electron chi connectivity index (χ2n) is 4.84. The quantitative estimate of drug-likeness (QED) is 0.478. The van der Waals surface area contributed by atoms with Gasteiger partial charge in [0.15, 0.2) is 23.1 Å². The molecule has 7 heteroatoms. The molecular weight excluding hydrogens is 337 g/mol. The maximum Gasteiger partial charge on any atom is 0.576 e. The lowest BCUT2D eigenvalue weighted by atomic mass is 10.2. The van der Waals surface area contributed by atoms with Crippen LogP contribution >= 0.6 is 22.7 Å². The van der Waals surface area contributed by atoms with E-state index in [-0.39, 0.29) is 19.2 Å². The smallest absolute Gasteiger partial charge is 0.525 e. The second kappa shape index (κ2) is 5.83. The van der Waals surface area contributed by atoms with Crippen LogP contribution in [-0.2, 0) is 0 Å². The number of benzene rings is 2. The molecule has 4 aromatic rings. The van der Waals surface area contributed by atoms with Gasteiger partial charge >= 0.3 is 7.69 Å². The average molecular weight is 346 g/mol. The van der Waals surface area contributed by atoms with E-state index in [4.69, 9.17) is 9.31 Å². The monoisotopic (exact) mass is 346 g/mol. The summed E-state index contributed by atoms with van der Waals surface area (Å²) in [5.74, 6) is -0.649. The van der Waals surface area contributed by atoms with Crippen molar-refractivity contribution in [2.75, 3.05) is 0 Å². The molecule has 0 bridgehead atoms. The highest BCUT2D eigenvalue weighted by molar-refractivity contribution is 7.18. The Hall–Kier alpha value is -2.12. The molecule has 0 atom stereocenters. The molecule has 0 saturated carbocycles. The molecule has 0 aliphatic heterocycles. The molecule has 4 rings (SSSR count). The maximum absolute atomic E-state index is 14.0. The van der Waals surface area contributed by atoms with E-state index in [2.05, 4.69) is 0 Å². The Morgan fingerprint density at radius 3 is 1.65 bits per heavy atom. The van der Waals surface area contributed by atoms with Crippen molar-refractivity contribution in [3.8, 4) is 11.5 Å². The van der Waals surface area contributed by atoms with Gasteiger partial charge in [-0.3, -0.25) is 0 Å². The van der Waals surface area contributed by atoms with Crippen LogP contribution in [-0.4, -0.2) is 7.69 Å². The fourth-order valence-corrected chi connectivity index (χ4v) is 4.15. The number of halogens is 2. The lowest BCUT2D eigenvalue weighted by molar-refractivity contribution is 0.428. The summed E-state index contributed by atoms with van der Waals surface area (Å²) in [7, 11) is -0.262. The Kier molecular flexibility index (Phi) is 3.67. The van der Waals surface area contributed by atoms with Crippen molar-refractivity contribution in [1.82, 2.24) is 0 Å². The van der Waals surface area contributed by atoms with Crippen molar-refractivity contribution in [3.05, 3.63) is 58.8 Å². The minimum Gasteiger partial charge on any atom is -0.525 e. The molecule has 0 aliphatic rings. The predicted octanol–water partition coefficient (Wildman–Crippen LogP) is 5.12. The normalized spacial score (nSPS) is 11.0. The van der Waals surface area contributed by atoms with Crippen LogP contribution in [0.15, 0.2) is 47.2 Å². The van der Waals surface area contributed by atoms with Gasteiger partial charge in [0.25, 0.3) is 0 Å². The van der Waals surface area contributed by atoms with Gasteiger partial charge in [0.1, 0.15) is 0 Å². The van der Waals surface area contributed by atoms with E-state index < -0.39 is 11.6 Å². The van der Waals surface area contributed by atoms with Crippen LogP contribution in [0.1, 0.15) is 0 Å². The average Bonchev–Trinajstić information content (AvgIpc) is 3.20. The van der Waals surface area contributed by atoms with Crippen molar-refractivity contribution >= 4 is 50.5 Å². The van der Waals surface area contributed by atoms with Crippen LogP contribution in [0.25, 0.3) is 20.2 Å². The van der Waals surface area contributed by atoms with E-state index in [0.717, 1.165) is 10.8 Å². The van der Waals surface area contributed by atoms with Gasteiger partial charge in [0.2, 0.25) is 0 Å². The van der Waals surface area contributed by atoms with Gasteiger partial charge in [-0.1, -0.05) is 12.1 Å². The third-order valence-corrected chi connectivity index (χ3v) is 5.32. The maximum atomic E-state index is 14.0. The third kappa shape index (κ3) is 2.56. The Morgan fingerprint density at radius 1 is 0.696 bits per heavy atom. The van der Waals surface area contributed by atoms with Crippen LogP contribution in [0.5, 0.6) is 11.5 Å². The van der Waals surface area contributed by atoms with Crippen molar-refractivity contribution in [3.63, 3.8) is 0 Å². The molecule has 23 heavy (non-hydrogen) atoms. The summed E-state index contributed by atoms with van der Waals surface area (Å²) in [6.07, 6.45) is 0. The lowest BCUT2D eigenvalue weighted by Crippen LogP contribution is -2.12. The van der Waals surface area contributed by atoms with Gasteiger partial charge in [-0.05, 0) is 45.8 Å².